The predicted molar refractivity (Wildman–Crippen MR) is 90.9 cm³/mol. The van der Waals surface area contributed by atoms with Crippen LogP contribution in [-0.4, -0.2) is 54.1 Å². The first-order valence-corrected chi connectivity index (χ1v) is 7.74. The summed E-state index contributed by atoms with van der Waals surface area (Å²) in [6.45, 7) is 2.64. The van der Waals surface area contributed by atoms with Gasteiger partial charge in [0.2, 0.25) is 5.95 Å². The Morgan fingerprint density at radius 1 is 1.16 bits per heavy atom. The van der Waals surface area contributed by atoms with Crippen molar-refractivity contribution in [2.24, 2.45) is 0 Å². The van der Waals surface area contributed by atoms with Gasteiger partial charge in [0.15, 0.2) is 0 Å². The van der Waals surface area contributed by atoms with Crippen molar-refractivity contribution in [3.63, 3.8) is 0 Å². The Bertz CT molecular complexity index is 775. The molecule has 0 aliphatic carbocycles. The van der Waals surface area contributed by atoms with Crippen LogP contribution in [0, 0.1) is 10.1 Å². The highest BCUT2D eigenvalue weighted by molar-refractivity contribution is 5.96. The van der Waals surface area contributed by atoms with E-state index in [-0.39, 0.29) is 11.3 Å². The van der Waals surface area contributed by atoms with E-state index in [0.29, 0.717) is 37.8 Å². The molecule has 0 amide bonds. The average molecular weight is 343 g/mol. The van der Waals surface area contributed by atoms with Crippen molar-refractivity contribution in [1.29, 1.82) is 0 Å². The fourth-order valence-corrected chi connectivity index (χ4v) is 2.79. The molecule has 2 heterocycles. The minimum absolute atomic E-state index is 0.138. The van der Waals surface area contributed by atoms with Gasteiger partial charge in [-0.1, -0.05) is 0 Å². The van der Waals surface area contributed by atoms with Crippen molar-refractivity contribution in [1.82, 2.24) is 9.97 Å². The summed E-state index contributed by atoms with van der Waals surface area (Å²) in [6.07, 6.45) is 3.39. The van der Waals surface area contributed by atoms with Crippen LogP contribution in [0.15, 0.2) is 36.7 Å². The third-order valence-electron chi connectivity index (χ3n) is 4.05. The second-order valence-corrected chi connectivity index (χ2v) is 5.47. The Balaban J connectivity index is 1.81. The number of nitro benzene ring substituents is 1. The van der Waals surface area contributed by atoms with E-state index in [1.807, 2.05) is 4.90 Å². The van der Waals surface area contributed by atoms with Gasteiger partial charge in [-0.25, -0.2) is 14.8 Å². The van der Waals surface area contributed by atoms with Crippen LogP contribution in [0.2, 0.25) is 0 Å². The minimum atomic E-state index is -0.590. The molecule has 1 aromatic heterocycles. The maximum absolute atomic E-state index is 12.0. The molecule has 1 saturated heterocycles. The number of methoxy groups -OCH3 is 1. The van der Waals surface area contributed by atoms with Crippen molar-refractivity contribution in [3.8, 4) is 0 Å². The number of nitrogens with zero attached hydrogens (tertiary/aromatic N) is 5. The number of non-ortho nitro benzene ring substituents is 1. The summed E-state index contributed by atoms with van der Waals surface area (Å²) in [5.74, 6) is 0.0755. The van der Waals surface area contributed by atoms with Gasteiger partial charge in [0.05, 0.1) is 23.3 Å². The van der Waals surface area contributed by atoms with Gasteiger partial charge < -0.3 is 14.5 Å². The van der Waals surface area contributed by atoms with Crippen LogP contribution in [0.25, 0.3) is 0 Å². The third kappa shape index (κ3) is 3.49. The standard InChI is InChI=1S/C16H17N5O4/c1-25-15(22)13-11-12(21(23)24)3-4-14(13)19-7-9-20(10-8-19)16-17-5-2-6-18-16/h2-6,11H,7-10H2,1H3. The van der Waals surface area contributed by atoms with Gasteiger partial charge in [-0.05, 0) is 12.1 Å². The number of nitro groups is 1. The summed E-state index contributed by atoms with van der Waals surface area (Å²) in [6, 6.07) is 6.01. The van der Waals surface area contributed by atoms with Crippen molar-refractivity contribution in [2.75, 3.05) is 43.1 Å². The lowest BCUT2D eigenvalue weighted by molar-refractivity contribution is -0.384. The number of benzene rings is 1. The predicted octanol–water partition coefficient (Wildman–Crippen LogP) is 1.50. The number of esters is 1. The molecule has 3 rings (SSSR count). The van der Waals surface area contributed by atoms with Gasteiger partial charge in [-0.2, -0.15) is 0 Å². The maximum Gasteiger partial charge on any atom is 0.340 e. The number of carbonyl (C=O) groups excluding carboxylic acids is 1. The summed E-state index contributed by atoms with van der Waals surface area (Å²) in [4.78, 5) is 35.0. The van der Waals surface area contributed by atoms with Crippen LogP contribution in [0.5, 0.6) is 0 Å². The monoisotopic (exact) mass is 343 g/mol. The van der Waals surface area contributed by atoms with E-state index in [9.17, 15) is 14.9 Å². The van der Waals surface area contributed by atoms with Gasteiger partial charge >= 0.3 is 5.97 Å². The maximum atomic E-state index is 12.0. The topological polar surface area (TPSA) is 102 Å². The van der Waals surface area contributed by atoms with Crippen LogP contribution in [0.4, 0.5) is 17.3 Å². The molecule has 0 atom stereocenters. The lowest BCUT2D eigenvalue weighted by atomic mass is 10.1. The summed E-state index contributed by atoms with van der Waals surface area (Å²) in [5, 5.41) is 11.0. The number of rotatable bonds is 4. The average Bonchev–Trinajstić information content (AvgIpc) is 2.67. The number of aromatic nitrogens is 2. The van der Waals surface area contributed by atoms with Gasteiger partial charge in [0, 0.05) is 50.7 Å². The highest BCUT2D eigenvalue weighted by Crippen LogP contribution is 2.27. The number of anilines is 2. The first kappa shape index (κ1) is 16.6. The van der Waals surface area contributed by atoms with E-state index in [2.05, 4.69) is 14.9 Å². The van der Waals surface area contributed by atoms with E-state index >= 15 is 0 Å². The van der Waals surface area contributed by atoms with Crippen LogP contribution < -0.4 is 9.80 Å². The zero-order chi connectivity index (χ0) is 17.8. The molecule has 1 aromatic carbocycles. The molecule has 9 heteroatoms. The summed E-state index contributed by atoms with van der Waals surface area (Å²) < 4.78 is 4.77. The normalized spacial score (nSPS) is 14.3. The first-order valence-electron chi connectivity index (χ1n) is 7.74. The largest absolute Gasteiger partial charge is 0.465 e. The van der Waals surface area contributed by atoms with Crippen molar-refractivity contribution in [2.45, 2.75) is 0 Å². The van der Waals surface area contributed by atoms with E-state index in [1.54, 1.807) is 24.5 Å². The Morgan fingerprint density at radius 2 is 1.80 bits per heavy atom. The van der Waals surface area contributed by atoms with Crippen LogP contribution in [0.1, 0.15) is 10.4 Å². The smallest absolute Gasteiger partial charge is 0.340 e. The molecule has 2 aromatic rings. The number of carbonyl (C=O) groups is 1. The third-order valence-corrected chi connectivity index (χ3v) is 4.05. The minimum Gasteiger partial charge on any atom is -0.465 e. The molecule has 0 spiro atoms. The first-order chi connectivity index (χ1) is 12.1. The number of hydrogen-bond acceptors (Lipinski definition) is 8. The van der Waals surface area contributed by atoms with E-state index < -0.39 is 10.9 Å². The number of ether oxygens (including phenoxy) is 1. The van der Waals surface area contributed by atoms with Crippen LogP contribution in [0.3, 0.4) is 0 Å². The van der Waals surface area contributed by atoms with E-state index in [0.717, 1.165) is 0 Å². The molecule has 25 heavy (non-hydrogen) atoms. The molecule has 9 nitrogen and oxygen atoms in total. The SMILES string of the molecule is COC(=O)c1cc([N+](=O)[O-])ccc1N1CCN(c2ncccn2)CC1. The lowest BCUT2D eigenvalue weighted by Crippen LogP contribution is -2.47. The molecule has 130 valence electrons. The Hall–Kier alpha value is -3.23. The van der Waals surface area contributed by atoms with Gasteiger partial charge in [0.25, 0.3) is 5.69 Å². The van der Waals surface area contributed by atoms with Gasteiger partial charge in [-0.3, -0.25) is 10.1 Å². The van der Waals surface area contributed by atoms with Gasteiger partial charge in [-0.15, -0.1) is 0 Å². The lowest BCUT2D eigenvalue weighted by Gasteiger charge is -2.36. The molecule has 0 radical (unpaired) electrons. The number of hydrogen-bond donors (Lipinski definition) is 0. The molecule has 1 fully saturated rings. The van der Waals surface area contributed by atoms with Gasteiger partial charge in [0.1, 0.15) is 0 Å². The van der Waals surface area contributed by atoms with Crippen LogP contribution in [-0.2, 0) is 4.74 Å². The highest BCUT2D eigenvalue weighted by atomic mass is 16.6. The highest BCUT2D eigenvalue weighted by Gasteiger charge is 2.25. The summed E-state index contributed by atoms with van der Waals surface area (Å²) in [5.41, 5.74) is 0.688. The second kappa shape index (κ2) is 7.12. The molecule has 0 N–H and O–H groups in total. The fourth-order valence-electron chi connectivity index (χ4n) is 2.79. The van der Waals surface area contributed by atoms with Crippen molar-refractivity contribution in [3.05, 3.63) is 52.3 Å². The molecular formula is C16H17N5O4. The molecule has 0 bridgehead atoms. The summed E-state index contributed by atoms with van der Waals surface area (Å²) in [7, 11) is 1.26. The Kier molecular flexibility index (Phi) is 4.73. The van der Waals surface area contributed by atoms with E-state index in [1.165, 1.54) is 19.2 Å². The fraction of sp³-hybridized carbons (Fsp3) is 0.312. The van der Waals surface area contributed by atoms with Crippen molar-refractivity contribution < 1.29 is 14.5 Å². The molecule has 1 aliphatic heterocycles. The Morgan fingerprint density at radius 3 is 2.40 bits per heavy atom. The van der Waals surface area contributed by atoms with Crippen LogP contribution >= 0.6 is 0 Å². The van der Waals surface area contributed by atoms with E-state index in [4.69, 9.17) is 4.74 Å². The Labute approximate surface area is 144 Å². The molecular weight excluding hydrogens is 326 g/mol. The zero-order valence-electron chi connectivity index (χ0n) is 13.7. The zero-order valence-corrected chi connectivity index (χ0v) is 13.7. The quantitative estimate of drug-likeness (QED) is 0.467. The second-order valence-electron chi connectivity index (χ2n) is 5.47. The molecule has 0 unspecified atom stereocenters. The van der Waals surface area contributed by atoms with Crippen molar-refractivity contribution >= 4 is 23.3 Å². The number of piperazine rings is 1. The molecule has 1 aliphatic rings. The summed E-state index contributed by atoms with van der Waals surface area (Å²) >= 11 is 0. The molecule has 0 saturated carbocycles.